The Bertz CT molecular complexity index is 801. The molecule has 3 aromatic rings. The second kappa shape index (κ2) is 5.47. The highest BCUT2D eigenvalue weighted by atomic mass is 79.9. The second-order valence-electron chi connectivity index (χ2n) is 5.40. The van der Waals surface area contributed by atoms with E-state index in [0.29, 0.717) is 0 Å². The van der Waals surface area contributed by atoms with Gasteiger partial charge in [-0.25, -0.2) is 4.98 Å². The monoisotopic (exact) mass is 362 g/mol. The molecule has 0 spiro atoms. The van der Waals surface area contributed by atoms with E-state index in [2.05, 4.69) is 70.7 Å². The van der Waals surface area contributed by atoms with Crippen LogP contribution in [0.15, 0.2) is 40.9 Å². The zero-order chi connectivity index (χ0) is 15.1. The Morgan fingerprint density at radius 1 is 1.10 bits per heavy atom. The third-order valence-corrected chi connectivity index (χ3v) is 4.13. The number of nitrogens with zero attached hydrogens (tertiary/aromatic N) is 2. The smallest absolute Gasteiger partial charge is 0.132 e. The third-order valence-electron chi connectivity index (χ3n) is 3.48. The van der Waals surface area contributed by atoms with Crippen molar-refractivity contribution in [2.75, 3.05) is 0 Å². The number of alkyl halides is 1. The van der Waals surface area contributed by atoms with Crippen LogP contribution in [-0.4, -0.2) is 9.55 Å². The summed E-state index contributed by atoms with van der Waals surface area (Å²) < 4.78 is 3.21. The summed E-state index contributed by atoms with van der Waals surface area (Å²) in [5.41, 5.74) is 5.56. The zero-order valence-corrected chi connectivity index (χ0v) is 14.5. The number of aromatic nitrogens is 2. The van der Waals surface area contributed by atoms with Crippen LogP contribution in [0.2, 0.25) is 0 Å². The normalized spacial score (nSPS) is 12.8. The summed E-state index contributed by atoms with van der Waals surface area (Å²) in [4.78, 5) is 4.70. The quantitative estimate of drug-likeness (QED) is 0.534. The SMILES string of the molecule is Cc1cc(Br)cc(-n2c(C(C)Cl)nc3ccc(C)cc32)c1. The molecule has 2 nitrogen and oxygen atoms in total. The van der Waals surface area contributed by atoms with E-state index in [4.69, 9.17) is 16.6 Å². The lowest BCUT2D eigenvalue weighted by atomic mass is 10.2. The molecule has 0 bridgehead atoms. The van der Waals surface area contributed by atoms with Crippen LogP contribution in [0.1, 0.15) is 29.3 Å². The number of benzene rings is 2. The summed E-state index contributed by atoms with van der Waals surface area (Å²) in [6.07, 6.45) is 0. The fraction of sp³-hybridized carbons (Fsp3) is 0.235. The molecule has 2 aromatic carbocycles. The molecule has 1 aromatic heterocycles. The van der Waals surface area contributed by atoms with Crippen molar-refractivity contribution < 1.29 is 0 Å². The molecule has 108 valence electrons. The molecule has 0 saturated carbocycles. The maximum Gasteiger partial charge on any atom is 0.132 e. The first-order valence-corrected chi connectivity index (χ1v) is 8.09. The molecule has 21 heavy (non-hydrogen) atoms. The molecule has 0 aliphatic rings. The van der Waals surface area contributed by atoms with Gasteiger partial charge in [0.2, 0.25) is 0 Å². The standard InChI is InChI=1S/C17H16BrClN2/c1-10-4-5-15-16(8-10)21(17(20-15)12(3)19)14-7-11(2)6-13(18)9-14/h4-9,12H,1-3H3. The van der Waals surface area contributed by atoms with Crippen molar-refractivity contribution in [1.82, 2.24) is 9.55 Å². The maximum absolute atomic E-state index is 6.35. The van der Waals surface area contributed by atoms with E-state index in [1.54, 1.807) is 0 Å². The molecule has 0 saturated heterocycles. The highest BCUT2D eigenvalue weighted by molar-refractivity contribution is 9.10. The van der Waals surface area contributed by atoms with Gasteiger partial charge < -0.3 is 0 Å². The van der Waals surface area contributed by atoms with Crippen LogP contribution in [0.4, 0.5) is 0 Å². The van der Waals surface area contributed by atoms with Gasteiger partial charge in [0, 0.05) is 10.2 Å². The Hall–Kier alpha value is -1.32. The molecular weight excluding hydrogens is 348 g/mol. The van der Waals surface area contributed by atoms with Crippen LogP contribution in [0, 0.1) is 13.8 Å². The molecule has 0 aliphatic carbocycles. The summed E-state index contributed by atoms with van der Waals surface area (Å²) >= 11 is 9.93. The van der Waals surface area contributed by atoms with Gasteiger partial charge in [0.05, 0.1) is 16.4 Å². The van der Waals surface area contributed by atoms with Crippen molar-refractivity contribution in [3.8, 4) is 5.69 Å². The van der Waals surface area contributed by atoms with Crippen LogP contribution in [0.5, 0.6) is 0 Å². The van der Waals surface area contributed by atoms with Gasteiger partial charge in [0.15, 0.2) is 0 Å². The van der Waals surface area contributed by atoms with Gasteiger partial charge in [0.25, 0.3) is 0 Å². The molecule has 0 fully saturated rings. The highest BCUT2D eigenvalue weighted by Gasteiger charge is 2.16. The van der Waals surface area contributed by atoms with E-state index in [1.807, 2.05) is 6.92 Å². The van der Waals surface area contributed by atoms with E-state index >= 15 is 0 Å². The summed E-state index contributed by atoms with van der Waals surface area (Å²) in [6.45, 7) is 6.13. The van der Waals surface area contributed by atoms with Crippen molar-refractivity contribution in [3.63, 3.8) is 0 Å². The zero-order valence-electron chi connectivity index (χ0n) is 12.2. The summed E-state index contributed by atoms with van der Waals surface area (Å²) in [5, 5.41) is -0.156. The number of aryl methyl sites for hydroxylation is 2. The first kappa shape index (κ1) is 14.6. The van der Waals surface area contributed by atoms with E-state index in [-0.39, 0.29) is 5.38 Å². The molecule has 1 unspecified atom stereocenters. The molecule has 1 atom stereocenters. The van der Waals surface area contributed by atoms with Crippen LogP contribution in [0.25, 0.3) is 16.7 Å². The number of hydrogen-bond acceptors (Lipinski definition) is 1. The Balaban J connectivity index is 2.38. The molecule has 0 radical (unpaired) electrons. The van der Waals surface area contributed by atoms with Crippen molar-refractivity contribution in [2.45, 2.75) is 26.1 Å². The first-order valence-electron chi connectivity index (χ1n) is 6.86. The predicted molar refractivity (Wildman–Crippen MR) is 92.5 cm³/mol. The van der Waals surface area contributed by atoms with Crippen molar-refractivity contribution in [2.24, 2.45) is 0 Å². The second-order valence-corrected chi connectivity index (χ2v) is 6.97. The van der Waals surface area contributed by atoms with Gasteiger partial charge >= 0.3 is 0 Å². The van der Waals surface area contributed by atoms with Gasteiger partial charge in [-0.2, -0.15) is 0 Å². The minimum absolute atomic E-state index is 0.156. The highest BCUT2D eigenvalue weighted by Crippen LogP contribution is 2.30. The fourth-order valence-electron chi connectivity index (χ4n) is 2.59. The molecule has 4 heteroatoms. The lowest BCUT2D eigenvalue weighted by molar-refractivity contribution is 0.881. The van der Waals surface area contributed by atoms with Crippen molar-refractivity contribution in [1.29, 1.82) is 0 Å². The lowest BCUT2D eigenvalue weighted by Crippen LogP contribution is -2.02. The number of imidazole rings is 1. The first-order chi connectivity index (χ1) is 9.95. The van der Waals surface area contributed by atoms with Crippen molar-refractivity contribution in [3.05, 3.63) is 57.8 Å². The number of halogens is 2. The Labute approximate surface area is 137 Å². The van der Waals surface area contributed by atoms with Gasteiger partial charge in [0.1, 0.15) is 5.82 Å². The van der Waals surface area contributed by atoms with E-state index in [9.17, 15) is 0 Å². The molecule has 0 N–H and O–H groups in total. The summed E-state index contributed by atoms with van der Waals surface area (Å²) in [5.74, 6) is 0.870. The van der Waals surface area contributed by atoms with Gasteiger partial charge in [-0.1, -0.05) is 22.0 Å². The lowest BCUT2D eigenvalue weighted by Gasteiger charge is -2.12. The Morgan fingerprint density at radius 3 is 2.52 bits per heavy atom. The summed E-state index contributed by atoms with van der Waals surface area (Å²) in [7, 11) is 0. The third kappa shape index (κ3) is 2.72. The van der Waals surface area contributed by atoms with Crippen LogP contribution >= 0.6 is 27.5 Å². The average molecular weight is 364 g/mol. The molecule has 1 heterocycles. The van der Waals surface area contributed by atoms with Crippen LogP contribution in [0.3, 0.4) is 0 Å². The number of rotatable bonds is 2. The number of fused-ring (bicyclic) bond motifs is 1. The maximum atomic E-state index is 6.35. The minimum atomic E-state index is -0.156. The van der Waals surface area contributed by atoms with Crippen LogP contribution in [-0.2, 0) is 0 Å². The molecular formula is C17H16BrClN2. The predicted octanol–water partition coefficient (Wildman–Crippen LogP) is 5.70. The van der Waals surface area contributed by atoms with Gasteiger partial charge in [-0.05, 0) is 62.2 Å². The summed E-state index contributed by atoms with van der Waals surface area (Å²) in [6, 6.07) is 12.6. The molecule has 0 amide bonds. The molecule has 0 aliphatic heterocycles. The van der Waals surface area contributed by atoms with Gasteiger partial charge in [-0.15, -0.1) is 11.6 Å². The van der Waals surface area contributed by atoms with Gasteiger partial charge in [-0.3, -0.25) is 4.57 Å². The van der Waals surface area contributed by atoms with Crippen LogP contribution < -0.4 is 0 Å². The minimum Gasteiger partial charge on any atom is -0.295 e. The van der Waals surface area contributed by atoms with Crippen molar-refractivity contribution >= 4 is 38.6 Å². The largest absolute Gasteiger partial charge is 0.295 e. The fourth-order valence-corrected chi connectivity index (χ4v) is 3.33. The van der Waals surface area contributed by atoms with E-state index < -0.39 is 0 Å². The Morgan fingerprint density at radius 2 is 1.86 bits per heavy atom. The number of hydrogen-bond donors (Lipinski definition) is 0. The average Bonchev–Trinajstić information content (AvgIpc) is 2.76. The Kier molecular flexibility index (Phi) is 3.80. The van der Waals surface area contributed by atoms with E-state index in [1.165, 1.54) is 11.1 Å². The molecule has 3 rings (SSSR count). The van der Waals surface area contributed by atoms with E-state index in [0.717, 1.165) is 27.0 Å². The topological polar surface area (TPSA) is 17.8 Å².